The van der Waals surface area contributed by atoms with Gasteiger partial charge in [0.2, 0.25) is 0 Å². The molecule has 7 nitrogen and oxygen atoms in total. The highest BCUT2D eigenvalue weighted by atomic mass is 15.2. The minimum absolute atomic E-state index is 0.405. The van der Waals surface area contributed by atoms with Crippen LogP contribution >= 0.6 is 0 Å². The van der Waals surface area contributed by atoms with Gasteiger partial charge in [-0.15, -0.1) is 0 Å². The van der Waals surface area contributed by atoms with Crippen LogP contribution < -0.4 is 30.2 Å². The van der Waals surface area contributed by atoms with Gasteiger partial charge in [-0.05, 0) is 176 Å². The summed E-state index contributed by atoms with van der Waals surface area (Å²) in [7, 11) is 0. The van der Waals surface area contributed by atoms with Gasteiger partial charge in [-0.3, -0.25) is 0 Å². The number of aromatic nitrogens is 1. The molecule has 380 valence electrons. The Hall–Kier alpha value is -8.10. The lowest BCUT2D eigenvalue weighted by atomic mass is 9.90. The molecule has 7 heteroatoms. The Morgan fingerprint density at radius 1 is 0.377 bits per heavy atom. The third-order valence-corrected chi connectivity index (χ3v) is 17.9. The number of hydrogen-bond acceptors (Lipinski definition) is 6. The van der Waals surface area contributed by atoms with Crippen LogP contribution in [0.4, 0.5) is 51.2 Å². The van der Waals surface area contributed by atoms with E-state index in [9.17, 15) is 0 Å². The Balaban J connectivity index is 0.887. The Morgan fingerprint density at radius 3 is 1.43 bits per heavy atom. The molecule has 2 N–H and O–H groups in total. The second kappa shape index (κ2) is 19.5. The summed E-state index contributed by atoms with van der Waals surface area (Å²) in [6.07, 6.45) is 8.48. The Labute approximate surface area is 453 Å². The molecule has 10 aromatic rings. The molecule has 15 rings (SSSR count). The standard InChI is InChI=1S/C70H65N7/c1-5-17-50(18-6-1)73(51-19-7-2-8-20-51)55-33-35-67-61(44-55)62-45-56(74(52-21-9-3-10-22-52)53-23-11-4-12-24-53)34-36-68(62)75(67)54-31-29-48(30-32-54)49-41-57(76-65-27-15-13-25-59(65)63-46-71-39-37-69(63)76)43-58(42-49)77-66-28-16-14-26-60(66)64-47-72-40-38-70(64)77/h1-3,5-10,13-22,25-36,41-45,53,63-64,69-72H,4,11-12,23-24,37-40,46-47H2. The highest BCUT2D eigenvalue weighted by Gasteiger charge is 2.43. The van der Waals surface area contributed by atoms with E-state index in [1.807, 2.05) is 0 Å². The molecule has 1 saturated carbocycles. The quantitative estimate of drug-likeness (QED) is 0.142. The lowest BCUT2D eigenvalue weighted by molar-refractivity contribution is 0.418. The number of piperidine rings is 2. The summed E-state index contributed by atoms with van der Waals surface area (Å²) in [5.41, 5.74) is 20.1. The first-order chi connectivity index (χ1) is 38.2. The van der Waals surface area contributed by atoms with Gasteiger partial charge < -0.3 is 34.8 Å². The first kappa shape index (κ1) is 46.2. The predicted octanol–water partition coefficient (Wildman–Crippen LogP) is 16.6. The van der Waals surface area contributed by atoms with E-state index in [4.69, 9.17) is 0 Å². The van der Waals surface area contributed by atoms with Crippen molar-refractivity contribution in [3.63, 3.8) is 0 Å². The van der Waals surface area contributed by atoms with Crippen molar-refractivity contribution < 1.29 is 0 Å². The second-order valence-corrected chi connectivity index (χ2v) is 22.2. The van der Waals surface area contributed by atoms with E-state index in [0.29, 0.717) is 30.0 Å². The fourth-order valence-corrected chi connectivity index (χ4v) is 14.5. The monoisotopic (exact) mass is 1000 g/mol. The van der Waals surface area contributed by atoms with E-state index >= 15 is 0 Å². The molecule has 0 amide bonds. The molecule has 0 spiro atoms. The van der Waals surface area contributed by atoms with Crippen LogP contribution in [0.1, 0.15) is 67.9 Å². The molecule has 9 aromatic carbocycles. The van der Waals surface area contributed by atoms with E-state index in [2.05, 4.69) is 253 Å². The maximum absolute atomic E-state index is 3.75. The molecule has 2 saturated heterocycles. The third-order valence-electron chi connectivity index (χ3n) is 17.9. The van der Waals surface area contributed by atoms with E-state index in [-0.39, 0.29) is 0 Å². The molecule has 4 unspecified atom stereocenters. The molecule has 0 radical (unpaired) electrons. The lowest BCUT2D eigenvalue weighted by Crippen LogP contribution is -2.43. The third kappa shape index (κ3) is 8.01. The van der Waals surface area contributed by atoms with Crippen LogP contribution in [-0.4, -0.2) is 48.9 Å². The summed E-state index contributed by atoms with van der Waals surface area (Å²) in [4.78, 5) is 10.4. The Morgan fingerprint density at radius 2 is 0.870 bits per heavy atom. The van der Waals surface area contributed by atoms with Gasteiger partial charge in [0.05, 0.1) is 11.0 Å². The van der Waals surface area contributed by atoms with Crippen LogP contribution in [0.5, 0.6) is 0 Å². The van der Waals surface area contributed by atoms with E-state index < -0.39 is 0 Å². The van der Waals surface area contributed by atoms with Gasteiger partial charge in [0, 0.05) is 111 Å². The molecule has 5 heterocycles. The van der Waals surface area contributed by atoms with Crippen LogP contribution in [-0.2, 0) is 0 Å². The van der Waals surface area contributed by atoms with Crippen molar-refractivity contribution in [2.45, 2.75) is 74.9 Å². The number of benzene rings is 9. The van der Waals surface area contributed by atoms with Gasteiger partial charge in [0.1, 0.15) is 0 Å². The molecule has 4 aliphatic heterocycles. The van der Waals surface area contributed by atoms with Crippen molar-refractivity contribution in [2.24, 2.45) is 0 Å². The van der Waals surface area contributed by atoms with Crippen molar-refractivity contribution in [3.8, 4) is 16.8 Å². The fourth-order valence-electron chi connectivity index (χ4n) is 14.5. The highest BCUT2D eigenvalue weighted by molar-refractivity contribution is 6.12. The average Bonchev–Trinajstić information content (AvgIpc) is 4.16. The zero-order valence-corrected chi connectivity index (χ0v) is 43.7. The Bertz CT molecular complexity index is 3620. The van der Waals surface area contributed by atoms with Crippen molar-refractivity contribution in [3.05, 3.63) is 230 Å². The zero-order chi connectivity index (χ0) is 50.8. The van der Waals surface area contributed by atoms with Gasteiger partial charge in [-0.25, -0.2) is 0 Å². The van der Waals surface area contributed by atoms with Crippen LogP contribution in [0.2, 0.25) is 0 Å². The largest absolute Gasteiger partial charge is 0.338 e. The molecule has 5 aliphatic rings. The van der Waals surface area contributed by atoms with Crippen LogP contribution in [0.3, 0.4) is 0 Å². The first-order valence-electron chi connectivity index (χ1n) is 28.5. The maximum Gasteiger partial charge on any atom is 0.0542 e. The van der Waals surface area contributed by atoms with Crippen LogP contribution in [0.15, 0.2) is 218 Å². The average molecular weight is 1000 g/mol. The number of anilines is 9. The number of nitrogens with zero attached hydrogens (tertiary/aromatic N) is 5. The van der Waals surface area contributed by atoms with Crippen LogP contribution in [0.25, 0.3) is 38.6 Å². The molecule has 1 aromatic heterocycles. The summed E-state index contributed by atoms with van der Waals surface area (Å²) < 4.78 is 2.50. The molecule has 77 heavy (non-hydrogen) atoms. The van der Waals surface area contributed by atoms with Gasteiger partial charge in [0.25, 0.3) is 0 Å². The zero-order valence-electron chi connectivity index (χ0n) is 43.7. The van der Waals surface area contributed by atoms with E-state index in [1.54, 1.807) is 0 Å². The summed E-state index contributed by atoms with van der Waals surface area (Å²) in [6, 6.07) is 83.7. The molecule has 4 atom stereocenters. The maximum atomic E-state index is 3.75. The molecule has 1 aliphatic carbocycles. The minimum atomic E-state index is 0.405. The Kier molecular flexibility index (Phi) is 11.7. The smallest absolute Gasteiger partial charge is 0.0542 e. The van der Waals surface area contributed by atoms with Gasteiger partial charge >= 0.3 is 0 Å². The number of nitrogens with one attached hydrogen (secondary N) is 2. The van der Waals surface area contributed by atoms with E-state index in [0.717, 1.165) is 61.8 Å². The number of para-hydroxylation sites is 5. The summed E-state index contributed by atoms with van der Waals surface area (Å²) in [5, 5.41) is 9.98. The topological polar surface area (TPSA) is 42.0 Å². The number of hydrogen-bond donors (Lipinski definition) is 2. The number of rotatable bonds is 10. The predicted molar refractivity (Wildman–Crippen MR) is 322 cm³/mol. The summed E-state index contributed by atoms with van der Waals surface area (Å²) in [5.74, 6) is 0.916. The van der Waals surface area contributed by atoms with Gasteiger partial charge in [-0.2, -0.15) is 0 Å². The normalized spacial score (nSPS) is 19.9. The lowest BCUT2D eigenvalue weighted by Gasteiger charge is -2.37. The summed E-state index contributed by atoms with van der Waals surface area (Å²) in [6.45, 7) is 4.09. The van der Waals surface area contributed by atoms with Gasteiger partial charge in [-0.1, -0.05) is 122 Å². The number of fused-ring (bicyclic) bond motifs is 9. The van der Waals surface area contributed by atoms with Crippen LogP contribution in [0, 0.1) is 0 Å². The molecular weight excluding hydrogens is 939 g/mol. The highest BCUT2D eigenvalue weighted by Crippen LogP contribution is 2.52. The second-order valence-electron chi connectivity index (χ2n) is 22.2. The first-order valence-corrected chi connectivity index (χ1v) is 28.5. The van der Waals surface area contributed by atoms with Crippen molar-refractivity contribution in [1.29, 1.82) is 0 Å². The molecular formula is C70H65N7. The van der Waals surface area contributed by atoms with E-state index in [1.165, 1.54) is 110 Å². The minimum Gasteiger partial charge on any atom is -0.338 e. The SMILES string of the molecule is c1ccc(N(c2ccccc2)c2ccc3c(c2)c2cc(N(c4ccccc4)C4CCCCC4)ccc2n3-c2ccc(-c3cc(N4c5ccccc5C5CNCCC54)cc(N4c5ccccc5C5CNCCC54)c3)cc2)cc1. The van der Waals surface area contributed by atoms with Gasteiger partial charge in [0.15, 0.2) is 0 Å². The molecule has 3 fully saturated rings. The summed E-state index contributed by atoms with van der Waals surface area (Å²) >= 11 is 0. The fraction of sp³-hybridized carbons (Fsp3) is 0.229. The van der Waals surface area contributed by atoms with Crippen molar-refractivity contribution >= 4 is 73.0 Å². The van der Waals surface area contributed by atoms with Crippen molar-refractivity contribution in [1.82, 2.24) is 15.2 Å². The molecule has 0 bridgehead atoms. The van der Waals surface area contributed by atoms with Crippen molar-refractivity contribution in [2.75, 3.05) is 45.8 Å².